The number of carbonyl (C=O) groups excluding carboxylic acids is 1. The highest BCUT2D eigenvalue weighted by Crippen LogP contribution is 2.33. The van der Waals surface area contributed by atoms with Gasteiger partial charge in [0.1, 0.15) is 11.9 Å². The number of hydrogen-bond donors (Lipinski definition) is 1. The predicted molar refractivity (Wildman–Crippen MR) is 122 cm³/mol. The van der Waals surface area contributed by atoms with Crippen molar-refractivity contribution < 1.29 is 14.3 Å². The number of carbonyl (C=O) groups is 1. The highest BCUT2D eigenvalue weighted by Gasteiger charge is 2.32. The molecule has 4 rings (SSSR count). The van der Waals surface area contributed by atoms with Crippen molar-refractivity contribution in [3.8, 4) is 5.75 Å². The summed E-state index contributed by atoms with van der Waals surface area (Å²) in [6.45, 7) is 1.66. The number of nitrogens with zero attached hydrogens (tertiary/aromatic N) is 1. The molecule has 3 aromatic carbocycles. The maximum absolute atomic E-state index is 13.1. The molecule has 1 aliphatic rings. The van der Waals surface area contributed by atoms with E-state index in [0.717, 1.165) is 29.8 Å². The molecule has 0 aliphatic carbocycles. The minimum Gasteiger partial charge on any atom is -0.494 e. The van der Waals surface area contributed by atoms with Gasteiger partial charge < -0.3 is 19.7 Å². The Balaban J connectivity index is 1.41. The molecule has 1 amide bonds. The summed E-state index contributed by atoms with van der Waals surface area (Å²) in [4.78, 5) is 14.9. The fourth-order valence-corrected chi connectivity index (χ4v) is 3.83. The highest BCUT2D eigenvalue weighted by atomic mass is 16.5. The molecule has 160 valence electrons. The molecule has 1 unspecified atom stereocenters. The van der Waals surface area contributed by atoms with E-state index in [2.05, 4.69) is 29.6 Å². The fraction of sp³-hybridized carbons (Fsp3) is 0.269. The SMILES string of the molecule is COCCN1C(=O)c2ccccc2NC1c1ccc(OCCCc2ccccc2)cc1. The van der Waals surface area contributed by atoms with Gasteiger partial charge in [-0.1, -0.05) is 54.6 Å². The second kappa shape index (κ2) is 10.1. The topological polar surface area (TPSA) is 50.8 Å². The van der Waals surface area contributed by atoms with Gasteiger partial charge in [-0.05, 0) is 48.2 Å². The molecule has 1 atom stereocenters. The zero-order chi connectivity index (χ0) is 21.5. The van der Waals surface area contributed by atoms with Gasteiger partial charge in [-0.25, -0.2) is 0 Å². The molecule has 5 heteroatoms. The second-order valence-corrected chi connectivity index (χ2v) is 7.59. The maximum Gasteiger partial charge on any atom is 0.257 e. The summed E-state index contributed by atoms with van der Waals surface area (Å²) in [6.07, 6.45) is 1.72. The van der Waals surface area contributed by atoms with E-state index >= 15 is 0 Å². The Morgan fingerprint density at radius 1 is 0.903 bits per heavy atom. The third-order valence-corrected chi connectivity index (χ3v) is 5.48. The smallest absolute Gasteiger partial charge is 0.257 e. The Labute approximate surface area is 183 Å². The summed E-state index contributed by atoms with van der Waals surface area (Å²) in [7, 11) is 1.65. The van der Waals surface area contributed by atoms with Crippen LogP contribution >= 0.6 is 0 Å². The van der Waals surface area contributed by atoms with E-state index in [4.69, 9.17) is 9.47 Å². The lowest BCUT2D eigenvalue weighted by molar-refractivity contribution is 0.0609. The lowest BCUT2D eigenvalue weighted by Crippen LogP contribution is -2.44. The van der Waals surface area contributed by atoms with E-state index in [-0.39, 0.29) is 12.1 Å². The molecule has 5 nitrogen and oxygen atoms in total. The van der Waals surface area contributed by atoms with Gasteiger partial charge >= 0.3 is 0 Å². The maximum atomic E-state index is 13.1. The van der Waals surface area contributed by atoms with Gasteiger partial charge in [-0.3, -0.25) is 4.79 Å². The zero-order valence-electron chi connectivity index (χ0n) is 17.8. The molecular weight excluding hydrogens is 388 g/mol. The number of ether oxygens (including phenoxy) is 2. The van der Waals surface area contributed by atoms with Gasteiger partial charge in [0.05, 0.1) is 18.8 Å². The lowest BCUT2D eigenvalue weighted by atomic mass is 10.0. The first-order chi connectivity index (χ1) is 15.3. The van der Waals surface area contributed by atoms with Crippen LogP contribution in [0.3, 0.4) is 0 Å². The molecule has 0 radical (unpaired) electrons. The normalized spacial score (nSPS) is 15.3. The van der Waals surface area contributed by atoms with Crippen molar-refractivity contribution in [2.24, 2.45) is 0 Å². The van der Waals surface area contributed by atoms with Crippen LogP contribution in [0, 0.1) is 0 Å². The zero-order valence-corrected chi connectivity index (χ0v) is 17.8. The van der Waals surface area contributed by atoms with Crippen LogP contribution in [0.15, 0.2) is 78.9 Å². The lowest BCUT2D eigenvalue weighted by Gasteiger charge is -2.38. The first-order valence-electron chi connectivity index (χ1n) is 10.7. The third-order valence-electron chi connectivity index (χ3n) is 5.48. The number of nitrogens with one attached hydrogen (secondary N) is 1. The summed E-state index contributed by atoms with van der Waals surface area (Å²) >= 11 is 0. The summed E-state index contributed by atoms with van der Waals surface area (Å²) in [5.74, 6) is 0.848. The monoisotopic (exact) mass is 416 g/mol. The quantitative estimate of drug-likeness (QED) is 0.504. The van der Waals surface area contributed by atoms with E-state index in [9.17, 15) is 4.79 Å². The third kappa shape index (κ3) is 5.06. The molecule has 0 saturated heterocycles. The average Bonchev–Trinajstić information content (AvgIpc) is 2.82. The van der Waals surface area contributed by atoms with E-state index in [0.29, 0.717) is 25.3 Å². The minimum atomic E-state index is -0.246. The summed E-state index contributed by atoms with van der Waals surface area (Å²) in [5, 5.41) is 3.50. The Hall–Kier alpha value is -3.31. The molecular formula is C26H28N2O3. The molecule has 1 heterocycles. The van der Waals surface area contributed by atoms with E-state index in [1.807, 2.05) is 59.5 Å². The molecule has 0 aromatic heterocycles. The predicted octanol–water partition coefficient (Wildman–Crippen LogP) is 4.91. The van der Waals surface area contributed by atoms with Crippen molar-refractivity contribution in [1.29, 1.82) is 0 Å². The molecule has 0 bridgehead atoms. The van der Waals surface area contributed by atoms with Crippen LogP contribution in [0.5, 0.6) is 5.75 Å². The second-order valence-electron chi connectivity index (χ2n) is 7.59. The minimum absolute atomic E-state index is 0.0117. The van der Waals surface area contributed by atoms with E-state index in [1.165, 1.54) is 5.56 Å². The van der Waals surface area contributed by atoms with Crippen molar-refractivity contribution >= 4 is 11.6 Å². The van der Waals surface area contributed by atoms with Crippen molar-refractivity contribution in [2.45, 2.75) is 19.0 Å². The van der Waals surface area contributed by atoms with Crippen LogP contribution in [0.25, 0.3) is 0 Å². The Morgan fingerprint density at radius 2 is 1.65 bits per heavy atom. The largest absolute Gasteiger partial charge is 0.494 e. The van der Waals surface area contributed by atoms with Gasteiger partial charge in [-0.15, -0.1) is 0 Å². The standard InChI is InChI=1S/C26H28N2O3/c1-30-19-17-28-25(27-24-12-6-5-11-23(24)26(28)29)21-13-15-22(16-14-21)31-18-7-10-20-8-3-2-4-9-20/h2-6,8-9,11-16,25,27H,7,10,17-19H2,1H3. The molecule has 31 heavy (non-hydrogen) atoms. The van der Waals surface area contributed by atoms with Crippen molar-refractivity contribution in [1.82, 2.24) is 4.90 Å². The number of anilines is 1. The number of benzene rings is 3. The van der Waals surface area contributed by atoms with E-state index in [1.54, 1.807) is 7.11 Å². The number of rotatable bonds is 9. The average molecular weight is 417 g/mol. The van der Waals surface area contributed by atoms with Crippen LogP contribution in [-0.4, -0.2) is 37.7 Å². The van der Waals surface area contributed by atoms with Crippen molar-refractivity contribution in [3.05, 3.63) is 95.6 Å². The fourth-order valence-electron chi connectivity index (χ4n) is 3.83. The molecule has 0 fully saturated rings. The van der Waals surface area contributed by atoms with Crippen molar-refractivity contribution in [3.63, 3.8) is 0 Å². The molecule has 0 saturated carbocycles. The molecule has 1 N–H and O–H groups in total. The summed E-state index contributed by atoms with van der Waals surface area (Å²) in [5.41, 5.74) is 3.88. The number of para-hydroxylation sites is 1. The molecule has 1 aliphatic heterocycles. The van der Waals surface area contributed by atoms with Crippen LogP contribution in [-0.2, 0) is 11.2 Å². The summed E-state index contributed by atoms with van der Waals surface area (Å²) in [6, 6.07) is 26.0. The first-order valence-corrected chi connectivity index (χ1v) is 10.7. The highest BCUT2D eigenvalue weighted by molar-refractivity contribution is 6.01. The Morgan fingerprint density at radius 3 is 2.42 bits per heavy atom. The number of amides is 1. The Kier molecular flexibility index (Phi) is 6.85. The number of hydrogen-bond acceptors (Lipinski definition) is 4. The van der Waals surface area contributed by atoms with Crippen LogP contribution < -0.4 is 10.1 Å². The first kappa shape index (κ1) is 20.9. The molecule has 0 spiro atoms. The number of aryl methyl sites for hydroxylation is 1. The van der Waals surface area contributed by atoms with Crippen LogP contribution in [0.2, 0.25) is 0 Å². The summed E-state index contributed by atoms with van der Waals surface area (Å²) < 4.78 is 11.1. The van der Waals surface area contributed by atoms with Gasteiger partial charge in [0.15, 0.2) is 0 Å². The van der Waals surface area contributed by atoms with Crippen LogP contribution in [0.1, 0.15) is 34.1 Å². The van der Waals surface area contributed by atoms with Crippen LogP contribution in [0.4, 0.5) is 5.69 Å². The van der Waals surface area contributed by atoms with Crippen molar-refractivity contribution in [2.75, 3.05) is 32.2 Å². The molecule has 3 aromatic rings. The van der Waals surface area contributed by atoms with Gasteiger partial charge in [0.2, 0.25) is 0 Å². The van der Waals surface area contributed by atoms with Gasteiger partial charge in [-0.2, -0.15) is 0 Å². The number of fused-ring (bicyclic) bond motifs is 1. The van der Waals surface area contributed by atoms with E-state index < -0.39 is 0 Å². The number of methoxy groups -OCH3 is 1. The van der Waals surface area contributed by atoms with Gasteiger partial charge in [0, 0.05) is 19.3 Å². The Bertz CT molecular complexity index is 989. The van der Waals surface area contributed by atoms with Gasteiger partial charge in [0.25, 0.3) is 5.91 Å².